The highest BCUT2D eigenvalue weighted by Crippen LogP contribution is 2.30. The fourth-order valence-corrected chi connectivity index (χ4v) is 3.56. The van der Waals surface area contributed by atoms with Gasteiger partial charge in [0.1, 0.15) is 0 Å². The summed E-state index contributed by atoms with van der Waals surface area (Å²) in [6.45, 7) is 0. The molecule has 0 amide bonds. The van der Waals surface area contributed by atoms with Crippen molar-refractivity contribution in [2.24, 2.45) is 0 Å². The average molecular weight is 455 g/mol. The Morgan fingerprint density at radius 1 is 1.03 bits per heavy atom. The number of hydrogen-bond acceptors (Lipinski definition) is 7. The second-order valence-electron chi connectivity index (χ2n) is 6.04. The Labute approximate surface area is 175 Å². The van der Waals surface area contributed by atoms with E-state index in [-0.39, 0.29) is 22.2 Å². The lowest BCUT2D eigenvalue weighted by molar-refractivity contribution is -0.159. The highest BCUT2D eigenvalue weighted by Gasteiger charge is 2.38. The van der Waals surface area contributed by atoms with Gasteiger partial charge in [-0.15, -0.1) is 0 Å². The van der Waals surface area contributed by atoms with Crippen LogP contribution < -0.4 is 14.2 Å². The maximum Gasteiger partial charge on any atom is 0.471 e. The van der Waals surface area contributed by atoms with E-state index in [2.05, 4.69) is 19.4 Å². The molecule has 0 saturated heterocycles. The minimum absolute atomic E-state index is 0.0439. The largest absolute Gasteiger partial charge is 0.493 e. The van der Waals surface area contributed by atoms with Gasteiger partial charge in [0.25, 0.3) is 10.0 Å². The molecular weight excluding hydrogens is 439 g/mol. The Balaban J connectivity index is 1.79. The van der Waals surface area contributed by atoms with Crippen LogP contribution in [0.1, 0.15) is 17.3 Å². The summed E-state index contributed by atoms with van der Waals surface area (Å²) in [5, 5.41) is 3.22. The third kappa shape index (κ3) is 5.34. The SMILES string of the molecule is COc1ccc(S(=O)(=O)Nc2cccc(C=Cc3noc(C(F)(F)F)n3)c2)cc1OC. The molecule has 8 nitrogen and oxygen atoms in total. The number of sulfonamides is 1. The predicted molar refractivity (Wildman–Crippen MR) is 105 cm³/mol. The highest BCUT2D eigenvalue weighted by atomic mass is 32.2. The molecule has 2 aromatic carbocycles. The van der Waals surface area contributed by atoms with Gasteiger partial charge in [-0.2, -0.15) is 18.2 Å². The zero-order valence-corrected chi connectivity index (χ0v) is 17.0. The molecule has 1 aromatic heterocycles. The number of alkyl halides is 3. The Morgan fingerprint density at radius 2 is 1.77 bits per heavy atom. The van der Waals surface area contributed by atoms with E-state index in [4.69, 9.17) is 9.47 Å². The molecule has 0 atom stereocenters. The molecule has 3 aromatic rings. The Bertz CT molecular complexity index is 1210. The van der Waals surface area contributed by atoms with Crippen LogP contribution in [0.3, 0.4) is 0 Å². The molecule has 12 heteroatoms. The minimum Gasteiger partial charge on any atom is -0.493 e. The molecule has 1 heterocycles. The second kappa shape index (κ2) is 8.68. The number of benzene rings is 2. The molecule has 0 fully saturated rings. The predicted octanol–water partition coefficient (Wildman–Crippen LogP) is 4.08. The van der Waals surface area contributed by atoms with E-state index < -0.39 is 22.1 Å². The van der Waals surface area contributed by atoms with Crippen molar-refractivity contribution in [3.63, 3.8) is 0 Å². The summed E-state index contributed by atoms with van der Waals surface area (Å²) < 4.78 is 79.7. The summed E-state index contributed by atoms with van der Waals surface area (Å²) in [7, 11) is -1.12. The van der Waals surface area contributed by atoms with Crippen LogP contribution in [0.2, 0.25) is 0 Å². The lowest BCUT2D eigenvalue weighted by Gasteiger charge is -2.12. The van der Waals surface area contributed by atoms with Gasteiger partial charge in [-0.05, 0) is 35.9 Å². The van der Waals surface area contributed by atoms with Crippen LogP contribution in [-0.2, 0) is 16.2 Å². The van der Waals surface area contributed by atoms with E-state index in [0.717, 1.165) is 0 Å². The van der Waals surface area contributed by atoms with E-state index in [0.29, 0.717) is 11.3 Å². The average Bonchev–Trinajstić information content (AvgIpc) is 3.21. The van der Waals surface area contributed by atoms with Gasteiger partial charge in [-0.25, -0.2) is 8.42 Å². The third-order valence-corrected chi connectivity index (χ3v) is 5.29. The van der Waals surface area contributed by atoms with E-state index >= 15 is 0 Å². The fourth-order valence-electron chi connectivity index (χ4n) is 2.49. The van der Waals surface area contributed by atoms with Gasteiger partial charge >= 0.3 is 12.1 Å². The van der Waals surface area contributed by atoms with Crippen molar-refractivity contribution in [3.8, 4) is 11.5 Å². The Kier molecular flexibility index (Phi) is 6.20. The van der Waals surface area contributed by atoms with Gasteiger partial charge in [-0.3, -0.25) is 4.72 Å². The maximum absolute atomic E-state index is 12.7. The van der Waals surface area contributed by atoms with E-state index in [1.54, 1.807) is 12.1 Å². The van der Waals surface area contributed by atoms with E-state index in [1.165, 1.54) is 56.7 Å². The normalized spacial score (nSPS) is 12.2. The van der Waals surface area contributed by atoms with Gasteiger partial charge in [0, 0.05) is 11.8 Å². The fraction of sp³-hybridized carbons (Fsp3) is 0.158. The number of nitrogens with one attached hydrogen (secondary N) is 1. The van der Waals surface area contributed by atoms with Crippen LogP contribution in [-0.4, -0.2) is 32.8 Å². The lowest BCUT2D eigenvalue weighted by atomic mass is 10.2. The molecule has 31 heavy (non-hydrogen) atoms. The molecule has 0 aliphatic carbocycles. The summed E-state index contributed by atoms with van der Waals surface area (Å²) >= 11 is 0. The van der Waals surface area contributed by atoms with Crippen molar-refractivity contribution in [1.82, 2.24) is 10.1 Å². The number of hydrogen-bond donors (Lipinski definition) is 1. The van der Waals surface area contributed by atoms with Crippen LogP contribution in [0.25, 0.3) is 12.2 Å². The molecule has 0 unspecified atom stereocenters. The molecule has 3 rings (SSSR count). The first-order chi connectivity index (χ1) is 14.6. The Hall–Kier alpha value is -3.54. The van der Waals surface area contributed by atoms with Crippen molar-refractivity contribution in [2.45, 2.75) is 11.1 Å². The van der Waals surface area contributed by atoms with Gasteiger partial charge in [-0.1, -0.05) is 23.4 Å². The van der Waals surface area contributed by atoms with Gasteiger partial charge < -0.3 is 14.0 Å². The Morgan fingerprint density at radius 3 is 2.42 bits per heavy atom. The second-order valence-corrected chi connectivity index (χ2v) is 7.72. The number of anilines is 1. The number of halogens is 3. The van der Waals surface area contributed by atoms with Crippen molar-refractivity contribution < 1.29 is 35.6 Å². The molecule has 0 aliphatic rings. The number of ether oxygens (including phenoxy) is 2. The van der Waals surface area contributed by atoms with Crippen molar-refractivity contribution in [1.29, 1.82) is 0 Å². The summed E-state index contributed by atoms with van der Waals surface area (Å²) in [6.07, 6.45) is -2.11. The molecule has 1 N–H and O–H groups in total. The molecule has 0 aliphatic heterocycles. The number of aromatic nitrogens is 2. The van der Waals surface area contributed by atoms with Crippen LogP contribution in [0.4, 0.5) is 18.9 Å². The zero-order valence-electron chi connectivity index (χ0n) is 16.2. The topological polar surface area (TPSA) is 104 Å². The van der Waals surface area contributed by atoms with Crippen LogP contribution >= 0.6 is 0 Å². The smallest absolute Gasteiger partial charge is 0.471 e. The zero-order chi connectivity index (χ0) is 22.6. The van der Waals surface area contributed by atoms with Gasteiger partial charge in [0.15, 0.2) is 17.3 Å². The first kappa shape index (κ1) is 22.2. The number of methoxy groups -OCH3 is 2. The van der Waals surface area contributed by atoms with Gasteiger partial charge in [0.05, 0.1) is 19.1 Å². The minimum atomic E-state index is -4.73. The first-order valence-electron chi connectivity index (χ1n) is 8.56. The third-order valence-electron chi connectivity index (χ3n) is 3.91. The maximum atomic E-state index is 12.7. The summed E-state index contributed by atoms with van der Waals surface area (Å²) in [5.41, 5.74) is 0.729. The molecule has 0 saturated carbocycles. The number of rotatable bonds is 7. The molecule has 0 spiro atoms. The number of nitrogens with zero attached hydrogens (tertiary/aromatic N) is 2. The van der Waals surface area contributed by atoms with Gasteiger partial charge in [0.2, 0.25) is 0 Å². The van der Waals surface area contributed by atoms with Crippen LogP contribution in [0, 0.1) is 0 Å². The van der Waals surface area contributed by atoms with Crippen LogP contribution in [0.5, 0.6) is 11.5 Å². The van der Waals surface area contributed by atoms with Crippen molar-refractivity contribution in [2.75, 3.05) is 18.9 Å². The van der Waals surface area contributed by atoms with Crippen molar-refractivity contribution in [3.05, 3.63) is 59.7 Å². The van der Waals surface area contributed by atoms with Crippen LogP contribution in [0.15, 0.2) is 51.9 Å². The summed E-state index contributed by atoms with van der Waals surface area (Å²) in [5.74, 6) is -1.10. The molecule has 0 radical (unpaired) electrons. The van der Waals surface area contributed by atoms with E-state index in [9.17, 15) is 21.6 Å². The lowest BCUT2D eigenvalue weighted by Crippen LogP contribution is -2.13. The molecule has 164 valence electrons. The standard InChI is InChI=1S/C19H16F3N3O5S/c1-28-15-8-7-14(11-16(15)29-2)31(26,27)25-13-5-3-4-12(10-13)6-9-17-23-18(30-24-17)19(20,21)22/h3-11,25H,1-2H3. The monoisotopic (exact) mass is 455 g/mol. The summed E-state index contributed by atoms with van der Waals surface area (Å²) in [6, 6.07) is 10.3. The van der Waals surface area contributed by atoms with E-state index in [1.807, 2.05) is 0 Å². The first-order valence-corrected chi connectivity index (χ1v) is 10.0. The summed E-state index contributed by atoms with van der Waals surface area (Å²) in [4.78, 5) is 3.18. The molecular formula is C19H16F3N3O5S. The quantitative estimate of drug-likeness (QED) is 0.573. The van der Waals surface area contributed by atoms with Crippen molar-refractivity contribution >= 4 is 27.9 Å². The highest BCUT2D eigenvalue weighted by molar-refractivity contribution is 7.92. The molecule has 0 bridgehead atoms.